The summed E-state index contributed by atoms with van der Waals surface area (Å²) in [6.07, 6.45) is 6.35. The summed E-state index contributed by atoms with van der Waals surface area (Å²) in [5.41, 5.74) is 20.6. The van der Waals surface area contributed by atoms with Crippen LogP contribution in [0.4, 0.5) is 0 Å². The maximum absolute atomic E-state index is 2.60. The van der Waals surface area contributed by atoms with Crippen molar-refractivity contribution in [1.29, 1.82) is 0 Å². The van der Waals surface area contributed by atoms with Crippen LogP contribution in [0.15, 0.2) is 206 Å². The van der Waals surface area contributed by atoms with Crippen LogP contribution in [0.25, 0.3) is 99.5 Å². The van der Waals surface area contributed by atoms with Gasteiger partial charge in [-0.1, -0.05) is 165 Å². The molecule has 0 unspecified atom stereocenters. The summed E-state index contributed by atoms with van der Waals surface area (Å²) in [7, 11) is 0. The topological polar surface area (TPSA) is 9.86 Å². The highest BCUT2D eigenvalue weighted by molar-refractivity contribution is 6.14. The zero-order chi connectivity index (χ0) is 40.8. The fourth-order valence-electron chi connectivity index (χ4n) is 11.4. The maximum Gasteiger partial charge on any atom is 0.0547 e. The third-order valence-electron chi connectivity index (χ3n) is 14.3. The molecule has 62 heavy (non-hydrogen) atoms. The largest absolute Gasteiger partial charge is 0.309 e. The van der Waals surface area contributed by atoms with Gasteiger partial charge in [0.1, 0.15) is 0 Å². The summed E-state index contributed by atoms with van der Waals surface area (Å²) >= 11 is 0. The summed E-state index contributed by atoms with van der Waals surface area (Å²) in [5, 5.41) is 5.16. The highest BCUT2D eigenvalue weighted by Crippen LogP contribution is 2.57. The smallest absolute Gasteiger partial charge is 0.0547 e. The number of hydrogen-bond acceptors (Lipinski definition) is 0. The number of aromatic nitrogens is 2. The second-order valence-electron chi connectivity index (χ2n) is 17.6. The fraction of sp³-hybridized carbons (Fsp3) is 0.100. The van der Waals surface area contributed by atoms with Gasteiger partial charge in [0.05, 0.1) is 22.1 Å². The lowest BCUT2D eigenvalue weighted by atomic mass is 9.68. The molecule has 0 atom stereocenters. The van der Waals surface area contributed by atoms with Crippen molar-refractivity contribution in [2.45, 2.75) is 37.5 Å². The average Bonchev–Trinajstić information content (AvgIpc) is 3.94. The average molecular weight is 793 g/mol. The van der Waals surface area contributed by atoms with Gasteiger partial charge < -0.3 is 9.13 Å². The fourth-order valence-corrected chi connectivity index (χ4v) is 11.4. The second-order valence-corrected chi connectivity index (χ2v) is 17.6. The Bertz CT molecular complexity index is 3530. The van der Waals surface area contributed by atoms with Crippen molar-refractivity contribution in [2.75, 3.05) is 0 Å². The summed E-state index contributed by atoms with van der Waals surface area (Å²) < 4.78 is 4.96. The molecule has 1 fully saturated rings. The summed E-state index contributed by atoms with van der Waals surface area (Å²) in [6, 6.07) is 77.0. The molecule has 2 aromatic heterocycles. The minimum Gasteiger partial charge on any atom is -0.309 e. The first-order valence-corrected chi connectivity index (χ1v) is 22.3. The van der Waals surface area contributed by atoms with E-state index in [-0.39, 0.29) is 5.41 Å². The van der Waals surface area contributed by atoms with E-state index >= 15 is 0 Å². The normalized spacial score (nSPS) is 14.3. The monoisotopic (exact) mass is 792 g/mol. The molecule has 0 amide bonds. The highest BCUT2D eigenvalue weighted by atomic mass is 15.0. The van der Waals surface area contributed by atoms with E-state index in [1.807, 2.05) is 0 Å². The van der Waals surface area contributed by atoms with Crippen LogP contribution in [-0.4, -0.2) is 9.13 Å². The minimum absolute atomic E-state index is 0.0987. The molecule has 2 heteroatoms. The zero-order valence-electron chi connectivity index (χ0n) is 34.6. The van der Waals surface area contributed by atoms with Crippen LogP contribution in [0.5, 0.6) is 0 Å². The Morgan fingerprint density at radius 2 is 0.855 bits per heavy atom. The third kappa shape index (κ3) is 5.29. The zero-order valence-corrected chi connectivity index (χ0v) is 34.6. The molecule has 0 radical (unpaired) electrons. The van der Waals surface area contributed by atoms with Gasteiger partial charge >= 0.3 is 0 Å². The van der Waals surface area contributed by atoms with Gasteiger partial charge in [0.15, 0.2) is 0 Å². The minimum atomic E-state index is 0.0987. The van der Waals surface area contributed by atoms with Crippen LogP contribution >= 0.6 is 0 Å². The molecule has 0 N–H and O–H groups in total. The van der Waals surface area contributed by atoms with Gasteiger partial charge in [0.2, 0.25) is 0 Å². The van der Waals surface area contributed by atoms with Gasteiger partial charge in [0.25, 0.3) is 0 Å². The molecular formula is C60H44N2. The van der Waals surface area contributed by atoms with Crippen molar-refractivity contribution in [1.82, 2.24) is 9.13 Å². The van der Waals surface area contributed by atoms with Crippen molar-refractivity contribution in [3.8, 4) is 55.9 Å². The van der Waals surface area contributed by atoms with Gasteiger partial charge in [-0.25, -0.2) is 0 Å². The molecule has 1 spiro atoms. The first-order valence-electron chi connectivity index (χ1n) is 22.3. The van der Waals surface area contributed by atoms with Crippen LogP contribution in [0.2, 0.25) is 0 Å². The molecule has 0 aliphatic heterocycles. The van der Waals surface area contributed by atoms with Gasteiger partial charge in [-0.2, -0.15) is 0 Å². The standard InChI is InChI=1S/C60H44N2/c1-4-15-40(16-5-1)42-25-29-46(30-26-42)61-58-37-45(27-31-50(58)53-38-55-51(39-59(53)61)48-21-8-10-23-54(48)60(55)33-12-3-13-34-60)44-28-32-57-52(36-44)49-22-9-11-24-56(49)62(57)47-20-14-19-43(35-47)41-17-6-2-7-18-41/h1-2,4-11,14-32,35-39H,3,12-13,33-34H2. The maximum atomic E-state index is 2.60. The van der Waals surface area contributed by atoms with Crippen LogP contribution in [-0.2, 0) is 5.41 Å². The summed E-state index contributed by atoms with van der Waals surface area (Å²) in [6.45, 7) is 0. The molecule has 0 bridgehead atoms. The van der Waals surface area contributed by atoms with Crippen molar-refractivity contribution in [3.63, 3.8) is 0 Å². The molecule has 2 aliphatic carbocycles. The van der Waals surface area contributed by atoms with Crippen LogP contribution < -0.4 is 0 Å². The predicted molar refractivity (Wildman–Crippen MR) is 261 cm³/mol. The number of nitrogens with zero attached hydrogens (tertiary/aromatic N) is 2. The SMILES string of the molecule is c1ccc(-c2ccc(-n3c4cc(-c5ccc6c(c5)c5ccccc5n6-c5cccc(-c6ccccc6)c5)ccc4c4cc5c(cc43)-c3ccccc3C53CCCCC3)cc2)cc1. The predicted octanol–water partition coefficient (Wildman–Crippen LogP) is 16.1. The highest BCUT2D eigenvalue weighted by Gasteiger charge is 2.44. The molecule has 1 saturated carbocycles. The van der Waals surface area contributed by atoms with Gasteiger partial charge in [-0.05, 0) is 129 Å². The van der Waals surface area contributed by atoms with Crippen molar-refractivity contribution in [2.24, 2.45) is 0 Å². The quantitative estimate of drug-likeness (QED) is 0.164. The molecule has 9 aromatic carbocycles. The second kappa shape index (κ2) is 13.8. The van der Waals surface area contributed by atoms with E-state index < -0.39 is 0 Å². The Morgan fingerprint density at radius 3 is 1.68 bits per heavy atom. The van der Waals surface area contributed by atoms with Crippen molar-refractivity contribution >= 4 is 43.6 Å². The van der Waals surface area contributed by atoms with E-state index in [0.29, 0.717) is 0 Å². The lowest BCUT2D eigenvalue weighted by Crippen LogP contribution is -2.27. The number of hydrogen-bond donors (Lipinski definition) is 0. The van der Waals surface area contributed by atoms with Crippen LogP contribution in [0.3, 0.4) is 0 Å². The van der Waals surface area contributed by atoms with E-state index in [1.54, 1.807) is 0 Å². The Labute approximate surface area is 362 Å². The molecule has 2 aliphatic rings. The van der Waals surface area contributed by atoms with E-state index in [9.17, 15) is 0 Å². The number of benzene rings is 9. The molecule has 11 aromatic rings. The molecule has 0 saturated heterocycles. The molecule has 2 nitrogen and oxygen atoms in total. The van der Waals surface area contributed by atoms with Gasteiger partial charge in [-0.3, -0.25) is 0 Å². The summed E-state index contributed by atoms with van der Waals surface area (Å²) in [5.74, 6) is 0. The van der Waals surface area contributed by atoms with Crippen molar-refractivity contribution < 1.29 is 0 Å². The van der Waals surface area contributed by atoms with Gasteiger partial charge in [0, 0.05) is 38.3 Å². The lowest BCUT2D eigenvalue weighted by molar-refractivity contribution is 0.353. The van der Waals surface area contributed by atoms with Crippen molar-refractivity contribution in [3.05, 3.63) is 217 Å². The Kier molecular flexibility index (Phi) is 7.87. The van der Waals surface area contributed by atoms with E-state index in [0.717, 1.165) is 0 Å². The summed E-state index contributed by atoms with van der Waals surface area (Å²) in [4.78, 5) is 0. The lowest BCUT2D eigenvalue weighted by Gasteiger charge is -2.36. The van der Waals surface area contributed by atoms with E-state index in [2.05, 4.69) is 215 Å². The van der Waals surface area contributed by atoms with Crippen LogP contribution in [0, 0.1) is 0 Å². The van der Waals surface area contributed by atoms with Crippen LogP contribution in [0.1, 0.15) is 43.2 Å². The number of fused-ring (bicyclic) bond motifs is 11. The molecule has 2 heterocycles. The molecule has 294 valence electrons. The number of para-hydroxylation sites is 1. The van der Waals surface area contributed by atoms with E-state index in [1.165, 1.54) is 143 Å². The third-order valence-corrected chi connectivity index (χ3v) is 14.3. The first-order chi connectivity index (χ1) is 30.7. The molecular weight excluding hydrogens is 749 g/mol. The van der Waals surface area contributed by atoms with E-state index in [4.69, 9.17) is 0 Å². The first kappa shape index (κ1) is 35.3. The Hall–Kier alpha value is -7.42. The Morgan fingerprint density at radius 1 is 0.290 bits per heavy atom. The van der Waals surface area contributed by atoms with Gasteiger partial charge in [-0.15, -0.1) is 0 Å². The molecule has 13 rings (SSSR count). The Balaban J connectivity index is 1.01. The number of rotatable bonds is 5.